The van der Waals surface area contributed by atoms with Gasteiger partial charge in [0.25, 0.3) is 0 Å². The molecule has 0 saturated heterocycles. The van der Waals surface area contributed by atoms with Crippen LogP contribution in [0, 0.1) is 0 Å². The minimum absolute atomic E-state index is 0.264. The third-order valence-corrected chi connectivity index (χ3v) is 4.14. The summed E-state index contributed by atoms with van der Waals surface area (Å²) in [4.78, 5) is 5.51. The maximum absolute atomic E-state index is 5.94. The smallest absolute Gasteiger partial charge is 0.141 e. The Morgan fingerprint density at radius 2 is 2.17 bits per heavy atom. The highest BCUT2D eigenvalue weighted by Crippen LogP contribution is 2.26. The van der Waals surface area contributed by atoms with E-state index in [4.69, 9.17) is 11.6 Å². The number of halogens is 1. The molecule has 98 valence electrons. The van der Waals surface area contributed by atoms with E-state index in [2.05, 4.69) is 42.2 Å². The number of thiophene rings is 1. The van der Waals surface area contributed by atoms with E-state index < -0.39 is 0 Å². The van der Waals surface area contributed by atoms with Gasteiger partial charge in [0.05, 0.1) is 10.9 Å². The molecule has 0 radical (unpaired) electrons. The summed E-state index contributed by atoms with van der Waals surface area (Å²) in [6.45, 7) is 7.02. The molecule has 0 aromatic carbocycles. The van der Waals surface area contributed by atoms with Crippen LogP contribution in [-0.2, 0) is 6.54 Å². The monoisotopic (exact) mass is 284 g/mol. The lowest BCUT2D eigenvalue weighted by atomic mass is 10.3. The lowest BCUT2D eigenvalue weighted by molar-refractivity contribution is 0.475. The molecule has 6 heteroatoms. The van der Waals surface area contributed by atoms with E-state index in [0.29, 0.717) is 12.6 Å². The summed E-state index contributed by atoms with van der Waals surface area (Å²) in [6, 6.07) is 4.57. The molecule has 0 bridgehead atoms. The van der Waals surface area contributed by atoms with Crippen LogP contribution in [0.15, 0.2) is 18.5 Å². The summed E-state index contributed by atoms with van der Waals surface area (Å²) in [5.41, 5.74) is 0. The lowest BCUT2D eigenvalue weighted by Gasteiger charge is -2.13. The fraction of sp³-hybridized carbons (Fsp3) is 0.500. The molecule has 0 fully saturated rings. The Labute approximate surface area is 116 Å². The summed E-state index contributed by atoms with van der Waals surface area (Å²) in [5.74, 6) is 0.958. The second-order valence-corrected chi connectivity index (χ2v) is 6.21. The van der Waals surface area contributed by atoms with Crippen LogP contribution in [0.25, 0.3) is 0 Å². The molecule has 2 rings (SSSR count). The largest absolute Gasteiger partial charge is 0.302 e. The molecule has 1 N–H and O–H groups in total. The van der Waals surface area contributed by atoms with E-state index >= 15 is 0 Å². The molecule has 4 nitrogen and oxygen atoms in total. The second-order valence-electron chi connectivity index (χ2n) is 4.46. The first-order valence-electron chi connectivity index (χ1n) is 5.95. The number of hydrogen-bond donors (Lipinski definition) is 1. The predicted octanol–water partition coefficient (Wildman–Crippen LogP) is 3.42. The molecule has 0 spiro atoms. The molecule has 2 heterocycles. The van der Waals surface area contributed by atoms with Crippen molar-refractivity contribution in [2.75, 3.05) is 0 Å². The van der Waals surface area contributed by atoms with Gasteiger partial charge in [0.2, 0.25) is 0 Å². The highest BCUT2D eigenvalue weighted by atomic mass is 35.5. The molecule has 0 aliphatic rings. The first-order chi connectivity index (χ1) is 8.58. The van der Waals surface area contributed by atoms with Crippen molar-refractivity contribution in [3.8, 4) is 0 Å². The molecule has 1 unspecified atom stereocenters. The molecule has 2 aromatic heterocycles. The fourth-order valence-corrected chi connectivity index (χ4v) is 2.83. The Morgan fingerprint density at radius 3 is 2.78 bits per heavy atom. The summed E-state index contributed by atoms with van der Waals surface area (Å²) >= 11 is 7.54. The molecule has 0 amide bonds. The van der Waals surface area contributed by atoms with Crippen molar-refractivity contribution >= 4 is 22.9 Å². The number of nitrogens with one attached hydrogen (secondary N) is 1. The Bertz CT molecular complexity index is 506. The van der Waals surface area contributed by atoms with Crippen LogP contribution in [0.2, 0.25) is 4.34 Å². The average Bonchev–Trinajstić information content (AvgIpc) is 2.94. The minimum Gasteiger partial charge on any atom is -0.302 e. The van der Waals surface area contributed by atoms with Gasteiger partial charge in [0.1, 0.15) is 12.2 Å². The number of hydrogen-bond acceptors (Lipinski definition) is 4. The molecule has 0 saturated carbocycles. The number of rotatable bonds is 5. The Hall–Kier alpha value is -0.910. The van der Waals surface area contributed by atoms with Crippen LogP contribution < -0.4 is 5.32 Å². The average molecular weight is 285 g/mol. The van der Waals surface area contributed by atoms with E-state index in [1.54, 1.807) is 17.7 Å². The Kier molecular flexibility index (Phi) is 4.37. The molecule has 2 aromatic rings. The van der Waals surface area contributed by atoms with Crippen molar-refractivity contribution in [1.29, 1.82) is 0 Å². The number of aromatic nitrogens is 3. The van der Waals surface area contributed by atoms with Gasteiger partial charge in [0.15, 0.2) is 0 Å². The summed E-state index contributed by atoms with van der Waals surface area (Å²) in [7, 11) is 0. The zero-order chi connectivity index (χ0) is 13.1. The van der Waals surface area contributed by atoms with E-state index in [9.17, 15) is 0 Å². The highest BCUT2D eigenvalue weighted by molar-refractivity contribution is 7.16. The zero-order valence-electron chi connectivity index (χ0n) is 10.7. The predicted molar refractivity (Wildman–Crippen MR) is 75.0 cm³/mol. The normalized spacial score (nSPS) is 13.2. The van der Waals surface area contributed by atoms with Crippen LogP contribution in [-0.4, -0.2) is 14.8 Å². The zero-order valence-corrected chi connectivity index (χ0v) is 12.3. The molecule has 1 atom stereocenters. The molecular formula is C12H17ClN4S. The van der Waals surface area contributed by atoms with Crippen molar-refractivity contribution in [3.63, 3.8) is 0 Å². The van der Waals surface area contributed by atoms with Gasteiger partial charge in [0, 0.05) is 17.0 Å². The van der Waals surface area contributed by atoms with E-state index in [1.807, 2.05) is 10.7 Å². The van der Waals surface area contributed by atoms with Crippen LogP contribution in [0.1, 0.15) is 43.6 Å². The third kappa shape index (κ3) is 3.10. The van der Waals surface area contributed by atoms with Crippen molar-refractivity contribution in [2.24, 2.45) is 0 Å². The van der Waals surface area contributed by atoms with Gasteiger partial charge in [-0.05, 0) is 32.9 Å². The maximum Gasteiger partial charge on any atom is 0.141 e. The molecular weight excluding hydrogens is 268 g/mol. The Morgan fingerprint density at radius 1 is 1.39 bits per heavy atom. The summed E-state index contributed by atoms with van der Waals surface area (Å²) in [5, 5.41) is 7.66. The van der Waals surface area contributed by atoms with E-state index in [0.717, 1.165) is 10.2 Å². The second kappa shape index (κ2) is 5.82. The van der Waals surface area contributed by atoms with Crippen molar-refractivity contribution in [3.05, 3.63) is 33.5 Å². The molecule has 0 aliphatic carbocycles. The summed E-state index contributed by atoms with van der Waals surface area (Å²) in [6.07, 6.45) is 1.60. The van der Waals surface area contributed by atoms with Gasteiger partial charge in [-0.15, -0.1) is 11.3 Å². The van der Waals surface area contributed by atoms with E-state index in [1.165, 1.54) is 4.88 Å². The van der Waals surface area contributed by atoms with Gasteiger partial charge >= 0.3 is 0 Å². The van der Waals surface area contributed by atoms with Gasteiger partial charge in [-0.3, -0.25) is 0 Å². The SMILES string of the molecule is CC(NCc1ncnn1C(C)C)c1ccc(Cl)s1. The lowest BCUT2D eigenvalue weighted by Crippen LogP contribution is -2.21. The van der Waals surface area contributed by atoms with Crippen molar-refractivity contribution in [1.82, 2.24) is 20.1 Å². The van der Waals surface area contributed by atoms with Crippen molar-refractivity contribution < 1.29 is 0 Å². The highest BCUT2D eigenvalue weighted by Gasteiger charge is 2.11. The van der Waals surface area contributed by atoms with Crippen LogP contribution >= 0.6 is 22.9 Å². The molecule has 0 aliphatic heterocycles. The van der Waals surface area contributed by atoms with Crippen molar-refractivity contribution in [2.45, 2.75) is 39.4 Å². The summed E-state index contributed by atoms with van der Waals surface area (Å²) < 4.78 is 2.75. The fourth-order valence-electron chi connectivity index (χ4n) is 1.74. The Balaban J connectivity index is 1.97. The standard InChI is InChI=1S/C12H17ClN4S/c1-8(2)17-12(15-7-16-17)6-14-9(3)10-4-5-11(13)18-10/h4-5,7-9,14H,6H2,1-3H3. The van der Waals surface area contributed by atoms with Gasteiger partial charge in [-0.25, -0.2) is 9.67 Å². The minimum atomic E-state index is 0.264. The van der Waals surface area contributed by atoms with Gasteiger partial charge in [-0.2, -0.15) is 5.10 Å². The van der Waals surface area contributed by atoms with Crippen LogP contribution in [0.5, 0.6) is 0 Å². The topological polar surface area (TPSA) is 42.7 Å². The van der Waals surface area contributed by atoms with Gasteiger partial charge in [-0.1, -0.05) is 11.6 Å². The van der Waals surface area contributed by atoms with Crippen LogP contribution in [0.4, 0.5) is 0 Å². The maximum atomic E-state index is 5.94. The van der Waals surface area contributed by atoms with Gasteiger partial charge < -0.3 is 5.32 Å². The first-order valence-corrected chi connectivity index (χ1v) is 7.14. The molecule has 18 heavy (non-hydrogen) atoms. The quantitative estimate of drug-likeness (QED) is 0.915. The van der Waals surface area contributed by atoms with Crippen LogP contribution in [0.3, 0.4) is 0 Å². The third-order valence-electron chi connectivity index (χ3n) is 2.72. The van der Waals surface area contributed by atoms with E-state index in [-0.39, 0.29) is 6.04 Å². The number of nitrogens with zero attached hydrogens (tertiary/aromatic N) is 3. The first kappa shape index (κ1) is 13.5.